The SMILES string of the molecule is CCCc1cc(C(C)C)cc(Br)c1O. The predicted octanol–water partition coefficient (Wildman–Crippen LogP) is 4.23. The maximum atomic E-state index is 9.79. The Bertz CT molecular complexity index is 318. The standard InChI is InChI=1S/C12H17BrO/c1-4-5-9-6-10(8(2)3)7-11(13)12(9)14/h6-8,14H,4-5H2,1-3H3. The van der Waals surface area contributed by atoms with Gasteiger partial charge in [0, 0.05) is 0 Å². The summed E-state index contributed by atoms with van der Waals surface area (Å²) in [6.45, 7) is 6.44. The van der Waals surface area contributed by atoms with Gasteiger partial charge in [-0.2, -0.15) is 0 Å². The number of halogens is 1. The van der Waals surface area contributed by atoms with Crippen LogP contribution in [-0.4, -0.2) is 5.11 Å². The molecule has 0 aliphatic rings. The Labute approximate surface area is 94.3 Å². The van der Waals surface area contributed by atoms with E-state index >= 15 is 0 Å². The molecule has 0 saturated heterocycles. The molecule has 14 heavy (non-hydrogen) atoms. The summed E-state index contributed by atoms with van der Waals surface area (Å²) in [5, 5.41) is 9.79. The molecule has 1 aromatic carbocycles. The summed E-state index contributed by atoms with van der Waals surface area (Å²) in [7, 11) is 0. The molecule has 0 saturated carbocycles. The van der Waals surface area contributed by atoms with E-state index in [1.807, 2.05) is 6.07 Å². The van der Waals surface area contributed by atoms with Crippen molar-refractivity contribution in [3.8, 4) is 5.75 Å². The first kappa shape index (κ1) is 11.6. The van der Waals surface area contributed by atoms with Crippen LogP contribution in [0.4, 0.5) is 0 Å². The number of rotatable bonds is 3. The van der Waals surface area contributed by atoms with Crippen LogP contribution in [0.25, 0.3) is 0 Å². The van der Waals surface area contributed by atoms with Crippen molar-refractivity contribution in [2.24, 2.45) is 0 Å². The average Bonchev–Trinajstić information content (AvgIpc) is 2.12. The molecule has 78 valence electrons. The van der Waals surface area contributed by atoms with Crippen LogP contribution in [0.2, 0.25) is 0 Å². The Morgan fingerprint density at radius 3 is 2.50 bits per heavy atom. The molecule has 0 atom stereocenters. The lowest BCUT2D eigenvalue weighted by molar-refractivity contribution is 0.463. The first-order valence-electron chi connectivity index (χ1n) is 5.07. The molecule has 0 spiro atoms. The topological polar surface area (TPSA) is 20.2 Å². The lowest BCUT2D eigenvalue weighted by Crippen LogP contribution is -1.92. The molecule has 0 aliphatic carbocycles. The first-order valence-corrected chi connectivity index (χ1v) is 5.86. The van der Waals surface area contributed by atoms with Gasteiger partial charge in [-0.05, 0) is 45.5 Å². The largest absolute Gasteiger partial charge is 0.506 e. The van der Waals surface area contributed by atoms with E-state index in [0.29, 0.717) is 11.7 Å². The van der Waals surface area contributed by atoms with Gasteiger partial charge in [-0.1, -0.05) is 33.3 Å². The zero-order valence-corrected chi connectivity index (χ0v) is 10.6. The molecule has 1 rings (SSSR count). The zero-order valence-electron chi connectivity index (χ0n) is 8.97. The van der Waals surface area contributed by atoms with Crippen molar-refractivity contribution < 1.29 is 5.11 Å². The molecule has 0 amide bonds. The van der Waals surface area contributed by atoms with Crippen LogP contribution in [0.5, 0.6) is 5.75 Å². The number of aryl methyl sites for hydroxylation is 1. The van der Waals surface area contributed by atoms with E-state index in [9.17, 15) is 5.11 Å². The average molecular weight is 257 g/mol. The summed E-state index contributed by atoms with van der Waals surface area (Å²) in [6, 6.07) is 4.10. The maximum Gasteiger partial charge on any atom is 0.132 e. The fourth-order valence-corrected chi connectivity index (χ4v) is 1.99. The van der Waals surface area contributed by atoms with Gasteiger partial charge in [-0.3, -0.25) is 0 Å². The lowest BCUT2D eigenvalue weighted by atomic mass is 9.98. The predicted molar refractivity (Wildman–Crippen MR) is 63.9 cm³/mol. The number of hydrogen-bond acceptors (Lipinski definition) is 1. The van der Waals surface area contributed by atoms with Gasteiger partial charge in [-0.25, -0.2) is 0 Å². The summed E-state index contributed by atoms with van der Waals surface area (Å²) in [5.41, 5.74) is 2.32. The van der Waals surface area contributed by atoms with Gasteiger partial charge < -0.3 is 5.11 Å². The van der Waals surface area contributed by atoms with Crippen molar-refractivity contribution in [2.75, 3.05) is 0 Å². The van der Waals surface area contributed by atoms with Crippen LogP contribution in [-0.2, 0) is 6.42 Å². The molecule has 0 aliphatic heterocycles. The highest BCUT2D eigenvalue weighted by molar-refractivity contribution is 9.10. The van der Waals surface area contributed by atoms with Gasteiger partial charge >= 0.3 is 0 Å². The maximum absolute atomic E-state index is 9.79. The minimum Gasteiger partial charge on any atom is -0.506 e. The summed E-state index contributed by atoms with van der Waals surface area (Å²) >= 11 is 3.39. The molecule has 1 N–H and O–H groups in total. The normalized spacial score (nSPS) is 10.9. The molecule has 0 unspecified atom stereocenters. The van der Waals surface area contributed by atoms with E-state index in [1.54, 1.807) is 0 Å². The second-order valence-corrected chi connectivity index (χ2v) is 4.77. The third-order valence-corrected chi connectivity index (χ3v) is 2.96. The fraction of sp³-hybridized carbons (Fsp3) is 0.500. The van der Waals surface area contributed by atoms with Gasteiger partial charge in [0.2, 0.25) is 0 Å². The minimum absolute atomic E-state index is 0.399. The quantitative estimate of drug-likeness (QED) is 0.859. The summed E-state index contributed by atoms with van der Waals surface area (Å²) in [6.07, 6.45) is 1.99. The van der Waals surface area contributed by atoms with E-state index < -0.39 is 0 Å². The van der Waals surface area contributed by atoms with Crippen LogP contribution in [0.15, 0.2) is 16.6 Å². The van der Waals surface area contributed by atoms with E-state index in [2.05, 4.69) is 42.8 Å². The molecule has 0 fully saturated rings. The molecular formula is C12H17BrO. The van der Waals surface area contributed by atoms with E-state index in [4.69, 9.17) is 0 Å². The van der Waals surface area contributed by atoms with Crippen LogP contribution >= 0.6 is 15.9 Å². The van der Waals surface area contributed by atoms with Crippen molar-refractivity contribution in [2.45, 2.75) is 39.5 Å². The second kappa shape index (κ2) is 4.83. The molecule has 2 heteroatoms. The molecule has 1 aromatic rings. The number of aromatic hydroxyl groups is 1. The van der Waals surface area contributed by atoms with Crippen molar-refractivity contribution >= 4 is 15.9 Å². The Morgan fingerprint density at radius 1 is 1.36 bits per heavy atom. The smallest absolute Gasteiger partial charge is 0.132 e. The number of phenols is 1. The van der Waals surface area contributed by atoms with Gasteiger partial charge in [0.25, 0.3) is 0 Å². The highest BCUT2D eigenvalue weighted by Crippen LogP contribution is 2.32. The lowest BCUT2D eigenvalue weighted by Gasteiger charge is -2.11. The van der Waals surface area contributed by atoms with Crippen LogP contribution < -0.4 is 0 Å². The summed E-state index contributed by atoms with van der Waals surface area (Å²) < 4.78 is 0.812. The first-order chi connectivity index (χ1) is 6.56. The van der Waals surface area contributed by atoms with Crippen LogP contribution in [0, 0.1) is 0 Å². The summed E-state index contributed by atoms with van der Waals surface area (Å²) in [5.74, 6) is 0.902. The van der Waals surface area contributed by atoms with Crippen LogP contribution in [0.1, 0.15) is 44.2 Å². The fourth-order valence-electron chi connectivity index (χ4n) is 1.47. The van der Waals surface area contributed by atoms with Crippen molar-refractivity contribution in [3.05, 3.63) is 27.7 Å². The zero-order chi connectivity index (χ0) is 10.7. The molecular weight excluding hydrogens is 240 g/mol. The van der Waals surface area contributed by atoms with Gasteiger partial charge in [0.15, 0.2) is 0 Å². The minimum atomic E-state index is 0.399. The van der Waals surface area contributed by atoms with Gasteiger partial charge in [0.05, 0.1) is 4.47 Å². The van der Waals surface area contributed by atoms with E-state index in [1.165, 1.54) is 5.56 Å². The summed E-state index contributed by atoms with van der Waals surface area (Å²) in [4.78, 5) is 0. The number of benzene rings is 1. The van der Waals surface area contributed by atoms with E-state index in [0.717, 1.165) is 22.9 Å². The highest BCUT2D eigenvalue weighted by Gasteiger charge is 2.09. The highest BCUT2D eigenvalue weighted by atomic mass is 79.9. The van der Waals surface area contributed by atoms with E-state index in [-0.39, 0.29) is 0 Å². The molecule has 0 heterocycles. The monoisotopic (exact) mass is 256 g/mol. The third kappa shape index (κ3) is 2.50. The van der Waals surface area contributed by atoms with Crippen molar-refractivity contribution in [3.63, 3.8) is 0 Å². The third-order valence-electron chi connectivity index (χ3n) is 2.35. The Morgan fingerprint density at radius 2 is 2.00 bits per heavy atom. The van der Waals surface area contributed by atoms with Gasteiger partial charge in [-0.15, -0.1) is 0 Å². The number of hydrogen-bond donors (Lipinski definition) is 1. The number of phenolic OH excluding ortho intramolecular Hbond substituents is 1. The Kier molecular flexibility index (Phi) is 3.99. The molecule has 0 radical (unpaired) electrons. The molecule has 1 nitrogen and oxygen atoms in total. The molecule has 0 aromatic heterocycles. The van der Waals surface area contributed by atoms with Crippen LogP contribution in [0.3, 0.4) is 0 Å². The van der Waals surface area contributed by atoms with Crippen molar-refractivity contribution in [1.82, 2.24) is 0 Å². The van der Waals surface area contributed by atoms with Crippen molar-refractivity contribution in [1.29, 1.82) is 0 Å². The Hall–Kier alpha value is -0.500. The van der Waals surface area contributed by atoms with Gasteiger partial charge in [0.1, 0.15) is 5.75 Å². The molecule has 0 bridgehead atoms. The Balaban J connectivity index is 3.14. The second-order valence-electron chi connectivity index (χ2n) is 3.92.